The molecule has 3 amide bonds. The van der Waals surface area contributed by atoms with Crippen LogP contribution in [0.4, 0.5) is 15.9 Å². The lowest BCUT2D eigenvalue weighted by Crippen LogP contribution is -2.46. The smallest absolute Gasteiger partial charge is 0.248 e. The lowest BCUT2D eigenvalue weighted by molar-refractivity contribution is -0.127. The van der Waals surface area contributed by atoms with Crippen molar-refractivity contribution >= 4 is 29.2 Å². The summed E-state index contributed by atoms with van der Waals surface area (Å²) in [6, 6.07) is 9.27. The molecular formula is C26H28FN5O4. The highest BCUT2D eigenvalue weighted by molar-refractivity contribution is 6.03. The van der Waals surface area contributed by atoms with Crippen LogP contribution in [0.3, 0.4) is 0 Å². The van der Waals surface area contributed by atoms with Crippen LogP contribution in [0.1, 0.15) is 55.9 Å². The van der Waals surface area contributed by atoms with Crippen molar-refractivity contribution in [2.24, 2.45) is 0 Å². The number of hydrogen-bond donors (Lipinski definition) is 2. The van der Waals surface area contributed by atoms with Crippen LogP contribution in [0.25, 0.3) is 0 Å². The normalized spacial score (nSPS) is 14.3. The summed E-state index contributed by atoms with van der Waals surface area (Å²) < 4.78 is 18.6. The van der Waals surface area contributed by atoms with Gasteiger partial charge in [-0.25, -0.2) is 4.39 Å². The van der Waals surface area contributed by atoms with Gasteiger partial charge in [0.2, 0.25) is 17.7 Å². The number of rotatable bonds is 9. The van der Waals surface area contributed by atoms with E-state index in [0.717, 1.165) is 25.7 Å². The van der Waals surface area contributed by atoms with E-state index < -0.39 is 23.7 Å². The van der Waals surface area contributed by atoms with Crippen molar-refractivity contribution in [1.82, 2.24) is 15.5 Å². The Bertz CT molecular complexity index is 1190. The SMILES string of the molecule is Cc1cc(NC(=O)CCC(=O)N(c2ccc(F)cc2)[C@@H](C(=O)NC2CCCC2)c2ccncc2)no1. The van der Waals surface area contributed by atoms with Crippen molar-refractivity contribution in [3.8, 4) is 0 Å². The van der Waals surface area contributed by atoms with Crippen LogP contribution < -0.4 is 15.5 Å². The molecule has 0 saturated heterocycles. The topological polar surface area (TPSA) is 117 Å². The average Bonchev–Trinajstić information content (AvgIpc) is 3.53. The standard InChI is InChI=1S/C26H28FN5O4/c1-17-16-22(31-36-17)30-23(33)10-11-24(34)32(21-8-6-19(27)7-9-21)25(18-12-14-28-15-13-18)26(35)29-20-4-2-3-5-20/h6-9,12-16,20,25H,2-5,10-11H2,1H3,(H,29,35)(H,30,31,33)/t25-/m1/s1. The summed E-state index contributed by atoms with van der Waals surface area (Å²) in [7, 11) is 0. The second-order valence-electron chi connectivity index (χ2n) is 8.78. The lowest BCUT2D eigenvalue weighted by atomic mass is 10.0. The van der Waals surface area contributed by atoms with Gasteiger partial charge in [-0.2, -0.15) is 0 Å². The Balaban J connectivity index is 1.59. The first-order valence-corrected chi connectivity index (χ1v) is 11.9. The molecule has 0 aliphatic heterocycles. The molecule has 0 radical (unpaired) electrons. The summed E-state index contributed by atoms with van der Waals surface area (Å²) in [6.45, 7) is 1.70. The van der Waals surface area contributed by atoms with Gasteiger partial charge in [-0.15, -0.1) is 0 Å². The number of carbonyl (C=O) groups excluding carboxylic acids is 3. The summed E-state index contributed by atoms with van der Waals surface area (Å²) in [5, 5.41) is 9.37. The maximum atomic E-state index is 13.7. The van der Waals surface area contributed by atoms with E-state index in [-0.39, 0.29) is 30.6 Å². The highest BCUT2D eigenvalue weighted by Gasteiger charge is 2.34. The first-order valence-electron chi connectivity index (χ1n) is 11.9. The summed E-state index contributed by atoms with van der Waals surface area (Å²) >= 11 is 0. The Kier molecular flexibility index (Phi) is 8.04. The minimum atomic E-state index is -1.02. The van der Waals surface area contributed by atoms with E-state index in [9.17, 15) is 18.8 Å². The summed E-state index contributed by atoms with van der Waals surface area (Å²) in [4.78, 5) is 44.9. The van der Waals surface area contributed by atoms with Gasteiger partial charge in [0.05, 0.1) is 0 Å². The van der Waals surface area contributed by atoms with Crippen LogP contribution in [0.2, 0.25) is 0 Å². The fourth-order valence-electron chi connectivity index (χ4n) is 4.32. The minimum absolute atomic E-state index is 0.0312. The first kappa shape index (κ1) is 25.0. The van der Waals surface area contributed by atoms with Gasteiger partial charge < -0.3 is 15.2 Å². The van der Waals surface area contributed by atoms with Gasteiger partial charge in [0.25, 0.3) is 0 Å². The second kappa shape index (κ2) is 11.6. The molecule has 0 bridgehead atoms. The number of pyridine rings is 1. The largest absolute Gasteiger partial charge is 0.360 e. The van der Waals surface area contributed by atoms with Crippen molar-refractivity contribution < 1.29 is 23.3 Å². The van der Waals surface area contributed by atoms with E-state index in [0.29, 0.717) is 17.0 Å². The fourth-order valence-corrected chi connectivity index (χ4v) is 4.32. The molecule has 1 atom stereocenters. The van der Waals surface area contributed by atoms with Crippen LogP contribution in [-0.2, 0) is 14.4 Å². The number of aromatic nitrogens is 2. The number of nitrogens with zero attached hydrogens (tertiary/aromatic N) is 3. The van der Waals surface area contributed by atoms with Gasteiger partial charge in [0, 0.05) is 43.0 Å². The molecule has 1 fully saturated rings. The quantitative estimate of drug-likeness (QED) is 0.464. The number of anilines is 2. The molecule has 0 spiro atoms. The molecular weight excluding hydrogens is 465 g/mol. The molecule has 2 aromatic heterocycles. The van der Waals surface area contributed by atoms with Gasteiger partial charge in [-0.05, 0) is 61.7 Å². The van der Waals surface area contributed by atoms with Gasteiger partial charge >= 0.3 is 0 Å². The number of hydrogen-bond acceptors (Lipinski definition) is 6. The molecule has 2 N–H and O–H groups in total. The van der Waals surface area contributed by atoms with Crippen molar-refractivity contribution in [3.05, 3.63) is 72.0 Å². The predicted molar refractivity (Wildman–Crippen MR) is 130 cm³/mol. The third-order valence-corrected chi connectivity index (χ3v) is 6.06. The molecule has 4 rings (SSSR count). The number of aryl methyl sites for hydroxylation is 1. The van der Waals surface area contributed by atoms with Crippen LogP contribution in [-0.4, -0.2) is 33.9 Å². The molecule has 1 aliphatic carbocycles. The van der Waals surface area contributed by atoms with E-state index in [1.54, 1.807) is 37.5 Å². The Morgan fingerprint density at radius 2 is 1.78 bits per heavy atom. The maximum Gasteiger partial charge on any atom is 0.248 e. The number of nitrogens with one attached hydrogen (secondary N) is 2. The van der Waals surface area contributed by atoms with Crippen molar-refractivity contribution in [3.63, 3.8) is 0 Å². The molecule has 9 nitrogen and oxygen atoms in total. The minimum Gasteiger partial charge on any atom is -0.360 e. The number of halogens is 1. The van der Waals surface area contributed by atoms with E-state index in [2.05, 4.69) is 20.8 Å². The summed E-state index contributed by atoms with van der Waals surface area (Å²) in [5.74, 6) is -0.899. The maximum absolute atomic E-state index is 13.7. The lowest BCUT2D eigenvalue weighted by Gasteiger charge is -2.32. The average molecular weight is 494 g/mol. The van der Waals surface area contributed by atoms with E-state index in [4.69, 9.17) is 4.52 Å². The van der Waals surface area contributed by atoms with Crippen LogP contribution >= 0.6 is 0 Å². The second-order valence-corrected chi connectivity index (χ2v) is 8.78. The Hall–Kier alpha value is -4.08. The molecule has 1 aromatic carbocycles. The zero-order valence-corrected chi connectivity index (χ0v) is 19.9. The van der Waals surface area contributed by atoms with Crippen LogP contribution in [0.5, 0.6) is 0 Å². The summed E-state index contributed by atoms with van der Waals surface area (Å²) in [6.07, 6.45) is 6.59. The van der Waals surface area contributed by atoms with Crippen molar-refractivity contribution in [1.29, 1.82) is 0 Å². The molecule has 10 heteroatoms. The number of benzene rings is 1. The molecule has 3 aromatic rings. The van der Waals surface area contributed by atoms with Gasteiger partial charge in [0.1, 0.15) is 17.6 Å². The highest BCUT2D eigenvalue weighted by Crippen LogP contribution is 2.30. The number of amides is 3. The zero-order valence-electron chi connectivity index (χ0n) is 19.9. The molecule has 0 unspecified atom stereocenters. The van der Waals surface area contributed by atoms with E-state index in [1.807, 2.05) is 0 Å². The first-order chi connectivity index (χ1) is 17.4. The molecule has 1 aliphatic rings. The van der Waals surface area contributed by atoms with E-state index >= 15 is 0 Å². The third kappa shape index (κ3) is 6.32. The molecule has 1 saturated carbocycles. The van der Waals surface area contributed by atoms with Crippen molar-refractivity contribution in [2.75, 3.05) is 10.2 Å². The van der Waals surface area contributed by atoms with Gasteiger partial charge in [-0.1, -0.05) is 18.0 Å². The molecule has 188 valence electrons. The fraction of sp³-hybridized carbons (Fsp3) is 0.346. The Labute approximate surface area is 208 Å². The third-order valence-electron chi connectivity index (χ3n) is 6.06. The van der Waals surface area contributed by atoms with E-state index in [1.165, 1.54) is 29.2 Å². The zero-order chi connectivity index (χ0) is 25.5. The van der Waals surface area contributed by atoms with Crippen molar-refractivity contribution in [2.45, 2.75) is 57.5 Å². The van der Waals surface area contributed by atoms with Crippen LogP contribution in [0, 0.1) is 12.7 Å². The number of carbonyl (C=O) groups is 3. The monoisotopic (exact) mass is 493 g/mol. The Morgan fingerprint density at radius 3 is 2.42 bits per heavy atom. The predicted octanol–water partition coefficient (Wildman–Crippen LogP) is 4.07. The van der Waals surface area contributed by atoms with Crippen LogP contribution in [0.15, 0.2) is 59.4 Å². The van der Waals surface area contributed by atoms with Gasteiger partial charge in [0.15, 0.2) is 5.82 Å². The molecule has 2 heterocycles. The highest BCUT2D eigenvalue weighted by atomic mass is 19.1. The Morgan fingerprint density at radius 1 is 1.08 bits per heavy atom. The molecule has 36 heavy (non-hydrogen) atoms. The summed E-state index contributed by atoms with van der Waals surface area (Å²) in [5.41, 5.74) is 0.901. The van der Waals surface area contributed by atoms with Gasteiger partial charge in [-0.3, -0.25) is 24.3 Å².